The fourth-order valence-corrected chi connectivity index (χ4v) is 3.67. The van der Waals surface area contributed by atoms with Crippen molar-refractivity contribution in [1.29, 1.82) is 0 Å². The zero-order chi connectivity index (χ0) is 23.8. The van der Waals surface area contributed by atoms with E-state index in [0.29, 0.717) is 23.3 Å². The number of ether oxygens (including phenoxy) is 2. The molecule has 2 N–H and O–H groups in total. The molecule has 0 spiro atoms. The molecule has 172 valence electrons. The molecule has 0 aliphatic heterocycles. The molecule has 0 radical (unpaired) electrons. The third-order valence-corrected chi connectivity index (χ3v) is 5.65. The molecule has 0 saturated carbocycles. The largest absolute Gasteiger partial charge is 0.497 e. The number of carboxylic acids is 1. The maximum absolute atomic E-state index is 12.4. The number of carboxylic acid groups (broad SMARTS) is 1. The molecular weight excluding hydrogens is 468 g/mol. The zero-order valence-corrected chi connectivity index (χ0v) is 19.2. The first-order valence-electron chi connectivity index (χ1n) is 9.66. The molecule has 1 heterocycles. The van der Waals surface area contributed by atoms with Crippen LogP contribution in [-0.4, -0.2) is 44.6 Å². The van der Waals surface area contributed by atoms with Gasteiger partial charge in [0.25, 0.3) is 0 Å². The summed E-state index contributed by atoms with van der Waals surface area (Å²) in [6.07, 6.45) is 1.70. The van der Waals surface area contributed by atoms with E-state index in [1.165, 1.54) is 30.0 Å². The summed E-state index contributed by atoms with van der Waals surface area (Å²) in [5.41, 5.74) is 0.248. The van der Waals surface area contributed by atoms with Crippen molar-refractivity contribution in [3.05, 3.63) is 71.5 Å². The summed E-state index contributed by atoms with van der Waals surface area (Å²) in [7, 11) is 1.59. The number of nitrogens with one attached hydrogen (secondary N) is 1. The van der Waals surface area contributed by atoms with E-state index in [9.17, 15) is 9.59 Å². The Morgan fingerprint density at radius 1 is 1.21 bits per heavy atom. The van der Waals surface area contributed by atoms with E-state index in [-0.39, 0.29) is 34.5 Å². The molecule has 1 aromatic heterocycles. The van der Waals surface area contributed by atoms with Crippen molar-refractivity contribution >= 4 is 40.9 Å². The number of hydrogen-bond acceptors (Lipinski definition) is 7. The number of halogens is 1. The lowest BCUT2D eigenvalue weighted by Gasteiger charge is -2.10. The van der Waals surface area contributed by atoms with Gasteiger partial charge < -0.3 is 19.9 Å². The monoisotopic (exact) mass is 488 g/mol. The molecule has 11 heteroatoms. The lowest BCUT2D eigenvalue weighted by Crippen LogP contribution is -2.15. The molecule has 3 rings (SSSR count). The number of thioether (sulfide) groups is 1. The van der Waals surface area contributed by atoms with Crippen molar-refractivity contribution in [2.24, 2.45) is 0 Å². The predicted molar refractivity (Wildman–Crippen MR) is 125 cm³/mol. The van der Waals surface area contributed by atoms with Gasteiger partial charge in [-0.15, -0.1) is 16.8 Å². The Bertz CT molecular complexity index is 1150. The maximum atomic E-state index is 12.4. The van der Waals surface area contributed by atoms with Gasteiger partial charge in [-0.1, -0.05) is 29.4 Å². The average molecular weight is 489 g/mol. The molecule has 33 heavy (non-hydrogen) atoms. The number of hydrogen-bond donors (Lipinski definition) is 2. The normalized spacial score (nSPS) is 10.5. The number of aromatic nitrogens is 3. The molecular formula is C22H21ClN4O5S. The van der Waals surface area contributed by atoms with Gasteiger partial charge in [-0.2, -0.15) is 0 Å². The maximum Gasteiger partial charge on any atom is 0.335 e. The molecule has 3 aromatic rings. The third-order valence-electron chi connectivity index (χ3n) is 4.35. The van der Waals surface area contributed by atoms with E-state index >= 15 is 0 Å². The minimum Gasteiger partial charge on any atom is -0.497 e. The molecule has 0 bridgehead atoms. The van der Waals surface area contributed by atoms with Crippen molar-refractivity contribution in [2.45, 2.75) is 18.3 Å². The van der Waals surface area contributed by atoms with Crippen molar-refractivity contribution in [3.8, 4) is 11.5 Å². The van der Waals surface area contributed by atoms with E-state index in [2.05, 4.69) is 22.1 Å². The van der Waals surface area contributed by atoms with Crippen molar-refractivity contribution in [3.63, 3.8) is 0 Å². The van der Waals surface area contributed by atoms with Gasteiger partial charge in [-0.3, -0.25) is 9.36 Å². The second-order valence-corrected chi connectivity index (χ2v) is 7.95. The SMILES string of the molecule is C=CCn1c(COc2ccc(OC)cc2)nnc1SCC(=O)Nc1cc(C(=O)O)ccc1Cl. The number of methoxy groups -OCH3 is 1. The number of nitrogens with zero attached hydrogens (tertiary/aromatic N) is 3. The van der Waals surface area contributed by atoms with Crippen molar-refractivity contribution in [2.75, 3.05) is 18.2 Å². The number of carbonyl (C=O) groups excluding carboxylic acids is 1. The number of amides is 1. The lowest BCUT2D eigenvalue weighted by molar-refractivity contribution is -0.113. The van der Waals surface area contributed by atoms with Crippen LogP contribution in [0.1, 0.15) is 16.2 Å². The minimum absolute atomic E-state index is 0.0161. The first kappa shape index (κ1) is 24.1. The van der Waals surface area contributed by atoms with Gasteiger partial charge in [-0.25, -0.2) is 4.79 Å². The standard InChI is InChI=1S/C22H21ClN4O5S/c1-3-10-27-19(12-32-16-7-5-15(31-2)6-8-16)25-26-22(27)33-13-20(28)24-18-11-14(21(29)30)4-9-17(18)23/h3-9,11H,1,10,12-13H2,2H3,(H,24,28)(H,29,30). The summed E-state index contributed by atoms with van der Waals surface area (Å²) in [6, 6.07) is 11.3. The van der Waals surface area contributed by atoms with E-state index in [0.717, 1.165) is 5.75 Å². The second kappa shape index (κ2) is 11.4. The van der Waals surface area contributed by atoms with E-state index in [4.69, 9.17) is 26.2 Å². The van der Waals surface area contributed by atoms with Crippen LogP contribution in [0, 0.1) is 0 Å². The van der Waals surface area contributed by atoms with Crippen LogP contribution in [0.2, 0.25) is 5.02 Å². The molecule has 0 atom stereocenters. The molecule has 2 aromatic carbocycles. The highest BCUT2D eigenvalue weighted by Crippen LogP contribution is 2.25. The van der Waals surface area contributed by atoms with E-state index in [1.54, 1.807) is 42.0 Å². The predicted octanol–water partition coefficient (Wildman–Crippen LogP) is 4.13. The molecule has 0 fully saturated rings. The Kier molecular flexibility index (Phi) is 8.34. The van der Waals surface area contributed by atoms with E-state index < -0.39 is 5.97 Å². The molecule has 0 aliphatic rings. The Hall–Kier alpha value is -3.50. The highest BCUT2D eigenvalue weighted by Gasteiger charge is 2.15. The van der Waals surface area contributed by atoms with Gasteiger partial charge in [0.2, 0.25) is 5.91 Å². The Labute approximate surface area is 199 Å². The zero-order valence-electron chi connectivity index (χ0n) is 17.7. The second-order valence-electron chi connectivity index (χ2n) is 6.60. The van der Waals surface area contributed by atoms with Gasteiger partial charge >= 0.3 is 5.97 Å². The number of carbonyl (C=O) groups is 2. The van der Waals surface area contributed by atoms with Crippen molar-refractivity contribution < 1.29 is 24.2 Å². The summed E-state index contributed by atoms with van der Waals surface area (Å²) >= 11 is 7.24. The van der Waals surface area contributed by atoms with Crippen molar-refractivity contribution in [1.82, 2.24) is 14.8 Å². The van der Waals surface area contributed by atoms with Gasteiger partial charge in [-0.05, 0) is 42.5 Å². The first-order chi connectivity index (χ1) is 15.9. The summed E-state index contributed by atoms with van der Waals surface area (Å²) in [6.45, 7) is 4.37. The van der Waals surface area contributed by atoms with Crippen LogP contribution < -0.4 is 14.8 Å². The molecule has 0 saturated heterocycles. The molecule has 1 amide bonds. The highest BCUT2D eigenvalue weighted by atomic mass is 35.5. The lowest BCUT2D eigenvalue weighted by atomic mass is 10.2. The van der Waals surface area contributed by atoms with Crippen LogP contribution >= 0.6 is 23.4 Å². The molecule has 0 unspecified atom stereocenters. The number of anilines is 1. The molecule has 0 aliphatic carbocycles. The topological polar surface area (TPSA) is 116 Å². The Morgan fingerprint density at radius 3 is 2.61 bits per heavy atom. The smallest absolute Gasteiger partial charge is 0.335 e. The minimum atomic E-state index is -1.11. The van der Waals surface area contributed by atoms with Crippen LogP contribution in [0.3, 0.4) is 0 Å². The fraction of sp³-hybridized carbons (Fsp3) is 0.182. The van der Waals surface area contributed by atoms with Crippen LogP contribution in [0.5, 0.6) is 11.5 Å². The van der Waals surface area contributed by atoms with Crippen LogP contribution in [0.15, 0.2) is 60.3 Å². The number of allylic oxidation sites excluding steroid dienone is 1. The van der Waals surface area contributed by atoms with Gasteiger partial charge in [0.1, 0.15) is 18.1 Å². The van der Waals surface area contributed by atoms with Crippen LogP contribution in [0.25, 0.3) is 0 Å². The molecule has 9 nitrogen and oxygen atoms in total. The quantitative estimate of drug-likeness (QED) is 0.305. The van der Waals surface area contributed by atoms with Crippen LogP contribution in [-0.2, 0) is 17.9 Å². The summed E-state index contributed by atoms with van der Waals surface area (Å²) in [5.74, 6) is 0.489. The first-order valence-corrected chi connectivity index (χ1v) is 11.0. The number of aromatic carboxylic acids is 1. The summed E-state index contributed by atoms with van der Waals surface area (Å²) < 4.78 is 12.7. The van der Waals surface area contributed by atoms with Gasteiger partial charge in [0.05, 0.1) is 29.1 Å². The number of benzene rings is 2. The number of rotatable bonds is 11. The third kappa shape index (κ3) is 6.50. The Balaban J connectivity index is 1.63. The van der Waals surface area contributed by atoms with Gasteiger partial charge in [0.15, 0.2) is 11.0 Å². The Morgan fingerprint density at radius 2 is 1.94 bits per heavy atom. The van der Waals surface area contributed by atoms with Gasteiger partial charge in [0, 0.05) is 6.54 Å². The van der Waals surface area contributed by atoms with Crippen LogP contribution in [0.4, 0.5) is 5.69 Å². The summed E-state index contributed by atoms with van der Waals surface area (Å²) in [4.78, 5) is 23.5. The fourth-order valence-electron chi connectivity index (χ4n) is 2.74. The van der Waals surface area contributed by atoms with E-state index in [1.807, 2.05) is 0 Å². The summed E-state index contributed by atoms with van der Waals surface area (Å²) in [5, 5.41) is 20.8. The highest BCUT2D eigenvalue weighted by molar-refractivity contribution is 7.99. The average Bonchev–Trinajstić information content (AvgIpc) is 3.19.